The molecule has 21 heavy (non-hydrogen) atoms. The Morgan fingerprint density at radius 3 is 2.67 bits per heavy atom. The average molecular weight is 286 g/mol. The van der Waals surface area contributed by atoms with Crippen LogP contribution >= 0.6 is 0 Å². The van der Waals surface area contributed by atoms with Crippen LogP contribution in [0.1, 0.15) is 49.7 Å². The molecule has 2 aliphatic carbocycles. The lowest BCUT2D eigenvalue weighted by Crippen LogP contribution is -2.35. The van der Waals surface area contributed by atoms with Crippen molar-refractivity contribution >= 4 is 0 Å². The first-order valence-electron chi connectivity index (χ1n) is 8.71. The Hall–Kier alpha value is -1.02. The normalized spacial score (nSPS) is 32.7. The minimum Gasteiger partial charge on any atom is -0.508 e. The lowest BCUT2D eigenvalue weighted by molar-refractivity contribution is -0.0171. The highest BCUT2D eigenvalue weighted by atomic mass is 16.5. The Bertz CT molecular complexity index is 506. The molecular weight excluding hydrogens is 260 g/mol. The van der Waals surface area contributed by atoms with Gasteiger partial charge in [-0.2, -0.15) is 0 Å². The number of rotatable bonds is 2. The van der Waals surface area contributed by atoms with Gasteiger partial charge in [0.15, 0.2) is 0 Å². The fraction of sp³-hybridized carbons (Fsp3) is 0.684. The molecule has 0 radical (unpaired) electrons. The molecule has 2 heteroatoms. The lowest BCUT2D eigenvalue weighted by atomic mass is 9.76. The van der Waals surface area contributed by atoms with Crippen molar-refractivity contribution in [1.82, 2.24) is 0 Å². The summed E-state index contributed by atoms with van der Waals surface area (Å²) in [5.74, 6) is 3.04. The highest BCUT2D eigenvalue weighted by molar-refractivity contribution is 5.41. The summed E-state index contributed by atoms with van der Waals surface area (Å²) in [5, 5.41) is 10.1. The van der Waals surface area contributed by atoms with Gasteiger partial charge >= 0.3 is 0 Å². The second-order valence-electron chi connectivity index (χ2n) is 7.40. The summed E-state index contributed by atoms with van der Waals surface area (Å²) in [5.41, 5.74) is 2.48. The van der Waals surface area contributed by atoms with E-state index in [2.05, 4.69) is 6.07 Å². The first-order valence-corrected chi connectivity index (χ1v) is 8.71. The van der Waals surface area contributed by atoms with E-state index in [-0.39, 0.29) is 0 Å². The van der Waals surface area contributed by atoms with Crippen LogP contribution in [-0.4, -0.2) is 17.8 Å². The highest BCUT2D eigenvalue weighted by Crippen LogP contribution is 2.41. The van der Waals surface area contributed by atoms with Gasteiger partial charge < -0.3 is 9.84 Å². The van der Waals surface area contributed by atoms with E-state index in [1.807, 2.05) is 12.1 Å². The predicted molar refractivity (Wildman–Crippen MR) is 83.4 cm³/mol. The number of aromatic hydroxyl groups is 1. The van der Waals surface area contributed by atoms with E-state index in [4.69, 9.17) is 4.74 Å². The molecule has 0 bridgehead atoms. The summed E-state index contributed by atoms with van der Waals surface area (Å²) in [6.45, 7) is 0.918. The molecule has 1 aromatic carbocycles. The molecule has 1 N–H and O–H groups in total. The number of hydrogen-bond donors (Lipinski definition) is 1. The summed E-state index contributed by atoms with van der Waals surface area (Å²) in [7, 11) is 0. The van der Waals surface area contributed by atoms with Crippen molar-refractivity contribution in [2.75, 3.05) is 6.61 Å². The smallest absolute Gasteiger partial charge is 0.119 e. The van der Waals surface area contributed by atoms with E-state index >= 15 is 0 Å². The maximum Gasteiger partial charge on any atom is 0.119 e. The number of phenols is 1. The first-order chi connectivity index (χ1) is 10.3. The first kappa shape index (κ1) is 13.6. The van der Waals surface area contributed by atoms with Gasteiger partial charge in [0.25, 0.3) is 0 Å². The molecule has 3 atom stereocenters. The molecule has 1 aromatic rings. The number of fused-ring (bicyclic) bond motifs is 2. The fourth-order valence-corrected chi connectivity index (χ4v) is 4.35. The second kappa shape index (κ2) is 5.64. The van der Waals surface area contributed by atoms with Crippen molar-refractivity contribution in [1.29, 1.82) is 0 Å². The van der Waals surface area contributed by atoms with Crippen LogP contribution in [-0.2, 0) is 17.6 Å². The van der Waals surface area contributed by atoms with E-state index < -0.39 is 0 Å². The van der Waals surface area contributed by atoms with E-state index in [9.17, 15) is 5.11 Å². The third-order valence-corrected chi connectivity index (χ3v) is 5.83. The Morgan fingerprint density at radius 2 is 1.81 bits per heavy atom. The van der Waals surface area contributed by atoms with Crippen molar-refractivity contribution in [2.45, 2.75) is 57.5 Å². The van der Waals surface area contributed by atoms with Crippen molar-refractivity contribution in [3.05, 3.63) is 29.3 Å². The molecule has 3 aliphatic rings. The monoisotopic (exact) mass is 286 g/mol. The third-order valence-electron chi connectivity index (χ3n) is 5.83. The predicted octanol–water partition coefficient (Wildman–Crippen LogP) is 4.09. The Balaban J connectivity index is 1.46. The zero-order valence-corrected chi connectivity index (χ0v) is 12.8. The maximum absolute atomic E-state index is 10.1. The van der Waals surface area contributed by atoms with E-state index in [0.717, 1.165) is 36.8 Å². The van der Waals surface area contributed by atoms with E-state index in [1.165, 1.54) is 44.1 Å². The summed E-state index contributed by atoms with van der Waals surface area (Å²) in [4.78, 5) is 0. The highest BCUT2D eigenvalue weighted by Gasteiger charge is 2.33. The van der Waals surface area contributed by atoms with Gasteiger partial charge in [-0.1, -0.05) is 25.0 Å². The van der Waals surface area contributed by atoms with Crippen molar-refractivity contribution < 1.29 is 9.84 Å². The number of ether oxygens (including phenoxy) is 1. The van der Waals surface area contributed by atoms with Crippen molar-refractivity contribution in [3.8, 4) is 5.75 Å². The van der Waals surface area contributed by atoms with Gasteiger partial charge in [-0.15, -0.1) is 0 Å². The van der Waals surface area contributed by atoms with Gasteiger partial charge in [0.2, 0.25) is 0 Å². The van der Waals surface area contributed by atoms with Gasteiger partial charge in [-0.25, -0.2) is 0 Å². The van der Waals surface area contributed by atoms with Crippen LogP contribution in [0.3, 0.4) is 0 Å². The number of hydrogen-bond acceptors (Lipinski definition) is 2. The van der Waals surface area contributed by atoms with Crippen molar-refractivity contribution in [2.24, 2.45) is 17.8 Å². The molecule has 4 rings (SSSR count). The lowest BCUT2D eigenvalue weighted by Gasteiger charge is -2.36. The largest absolute Gasteiger partial charge is 0.508 e. The van der Waals surface area contributed by atoms with Crippen LogP contribution < -0.4 is 0 Å². The summed E-state index contributed by atoms with van der Waals surface area (Å²) >= 11 is 0. The van der Waals surface area contributed by atoms with E-state index in [1.54, 1.807) is 0 Å². The van der Waals surface area contributed by atoms with E-state index in [0.29, 0.717) is 17.8 Å². The Morgan fingerprint density at radius 1 is 1.00 bits per heavy atom. The quantitative estimate of drug-likeness (QED) is 0.887. The van der Waals surface area contributed by atoms with Crippen LogP contribution in [0.15, 0.2) is 18.2 Å². The van der Waals surface area contributed by atoms with Gasteiger partial charge in [0, 0.05) is 13.0 Å². The molecule has 2 nitrogen and oxygen atoms in total. The molecule has 0 aromatic heterocycles. The average Bonchev–Trinajstić information content (AvgIpc) is 3.27. The number of phenolic OH excluding ortho intramolecular Hbond substituents is 1. The molecule has 1 aliphatic heterocycles. The maximum atomic E-state index is 10.1. The minimum atomic E-state index is 0.327. The Labute approximate surface area is 127 Å². The van der Waals surface area contributed by atoms with Gasteiger partial charge in [0.1, 0.15) is 5.75 Å². The Kier molecular flexibility index (Phi) is 3.66. The molecule has 0 spiro atoms. The molecule has 2 fully saturated rings. The molecule has 1 unspecified atom stereocenters. The molecule has 114 valence electrons. The van der Waals surface area contributed by atoms with Crippen LogP contribution in [0.2, 0.25) is 0 Å². The summed E-state index contributed by atoms with van der Waals surface area (Å²) < 4.78 is 6.22. The van der Waals surface area contributed by atoms with Crippen LogP contribution in [0.4, 0.5) is 0 Å². The standard InChI is InChI=1S/C19H26O2/c20-18-3-1-2-15-11-16-7-6-14(10-13-4-5-13)8-9-21-19(16)12-17(15)18/h1-3,13-14,16,19-20H,4-12H2/t14?,16-,19-/m1/s1. The number of benzene rings is 1. The van der Waals surface area contributed by atoms with Crippen LogP contribution in [0.25, 0.3) is 0 Å². The minimum absolute atomic E-state index is 0.327. The summed E-state index contributed by atoms with van der Waals surface area (Å²) in [6.07, 6.45) is 10.6. The van der Waals surface area contributed by atoms with Crippen molar-refractivity contribution in [3.63, 3.8) is 0 Å². The fourth-order valence-electron chi connectivity index (χ4n) is 4.35. The summed E-state index contributed by atoms with van der Waals surface area (Å²) in [6, 6.07) is 5.98. The van der Waals surface area contributed by atoms with Gasteiger partial charge in [-0.3, -0.25) is 0 Å². The van der Waals surface area contributed by atoms with Gasteiger partial charge in [0.05, 0.1) is 6.10 Å². The van der Waals surface area contributed by atoms with Gasteiger partial charge in [-0.05, 0) is 67.1 Å². The SMILES string of the molecule is Oc1cccc2c1C[C@H]1OCCC(CC3CC3)CC[C@@H]1C2. The van der Waals surface area contributed by atoms with Crippen LogP contribution in [0, 0.1) is 17.8 Å². The molecule has 0 amide bonds. The molecule has 1 saturated carbocycles. The topological polar surface area (TPSA) is 29.5 Å². The molecular formula is C19H26O2. The van der Waals surface area contributed by atoms with Crippen LogP contribution in [0.5, 0.6) is 5.75 Å². The zero-order chi connectivity index (χ0) is 14.2. The second-order valence-corrected chi connectivity index (χ2v) is 7.40. The molecule has 1 saturated heterocycles. The third kappa shape index (κ3) is 2.96. The zero-order valence-electron chi connectivity index (χ0n) is 12.8. The molecule has 1 heterocycles.